The Morgan fingerprint density at radius 1 is 0.455 bits per heavy atom. The summed E-state index contributed by atoms with van der Waals surface area (Å²) < 4.78 is 0. The minimum atomic E-state index is -0.833. The van der Waals surface area contributed by atoms with E-state index in [1.54, 1.807) is 0 Å². The number of hydrogen-bond acceptors (Lipinski definition) is 10. The normalized spacial score (nSPS) is 7.97. The predicted molar refractivity (Wildman–Crippen MR) is 123 cm³/mol. The molecule has 0 unspecified atom stereocenters. The van der Waals surface area contributed by atoms with Crippen LogP contribution in [-0.4, -0.2) is 108 Å². The summed E-state index contributed by atoms with van der Waals surface area (Å²) in [7, 11) is 0. The SMILES string of the molecule is CC(=O)O.CC(=O)O.CC(=O)O.CC(=O)O.CC(=O)O.NCCNCCNCCNCCN. The van der Waals surface area contributed by atoms with Crippen LogP contribution in [0.15, 0.2) is 0 Å². The second-order valence-electron chi connectivity index (χ2n) is 5.42. The van der Waals surface area contributed by atoms with Crippen molar-refractivity contribution in [3.63, 3.8) is 0 Å². The largest absolute Gasteiger partial charge is 0.481 e. The van der Waals surface area contributed by atoms with Crippen LogP contribution in [0.25, 0.3) is 0 Å². The minimum Gasteiger partial charge on any atom is -0.481 e. The first-order valence-corrected chi connectivity index (χ1v) is 9.58. The Labute approximate surface area is 194 Å². The van der Waals surface area contributed by atoms with E-state index in [1.807, 2.05) is 0 Å². The molecule has 0 aromatic rings. The zero-order chi connectivity index (χ0) is 27.7. The molecular formula is C18H43N5O10. The first-order valence-electron chi connectivity index (χ1n) is 9.58. The maximum absolute atomic E-state index is 9.00. The highest BCUT2D eigenvalue weighted by atomic mass is 16.4. The van der Waals surface area contributed by atoms with Gasteiger partial charge in [-0.15, -0.1) is 0 Å². The van der Waals surface area contributed by atoms with Crippen LogP contribution < -0.4 is 27.4 Å². The van der Waals surface area contributed by atoms with Gasteiger partial charge in [-0.25, -0.2) is 0 Å². The van der Waals surface area contributed by atoms with Crippen molar-refractivity contribution in [1.29, 1.82) is 0 Å². The molecule has 0 aromatic heterocycles. The lowest BCUT2D eigenvalue weighted by molar-refractivity contribution is -0.135. The fourth-order valence-corrected chi connectivity index (χ4v) is 0.933. The molecule has 12 N–H and O–H groups in total. The van der Waals surface area contributed by atoms with Crippen molar-refractivity contribution in [1.82, 2.24) is 16.0 Å². The molecule has 0 heterocycles. The smallest absolute Gasteiger partial charge is 0.300 e. The topological polar surface area (TPSA) is 275 Å². The van der Waals surface area contributed by atoms with Gasteiger partial charge in [0, 0.05) is 87.0 Å². The summed E-state index contributed by atoms with van der Waals surface area (Å²) in [6.45, 7) is 12.6. The van der Waals surface area contributed by atoms with Gasteiger partial charge in [-0.2, -0.15) is 0 Å². The number of carboxylic acids is 5. The lowest BCUT2D eigenvalue weighted by Gasteiger charge is -2.06. The summed E-state index contributed by atoms with van der Waals surface area (Å²) in [6, 6.07) is 0. The predicted octanol–water partition coefficient (Wildman–Crippen LogP) is -1.87. The fraction of sp³-hybridized carbons (Fsp3) is 0.722. The fourth-order valence-electron chi connectivity index (χ4n) is 0.933. The molecule has 0 aliphatic rings. The molecule has 0 radical (unpaired) electrons. The average Bonchev–Trinajstić information content (AvgIpc) is 2.58. The number of aliphatic carboxylic acids is 5. The summed E-state index contributed by atoms with van der Waals surface area (Å²) in [5, 5.41) is 46.8. The monoisotopic (exact) mass is 489 g/mol. The molecule has 0 rings (SSSR count). The van der Waals surface area contributed by atoms with Gasteiger partial charge >= 0.3 is 0 Å². The van der Waals surface area contributed by atoms with Gasteiger partial charge in [0.1, 0.15) is 0 Å². The number of rotatable bonds is 10. The third kappa shape index (κ3) is 420. The minimum absolute atomic E-state index is 0.706. The summed E-state index contributed by atoms with van der Waals surface area (Å²) in [4.78, 5) is 45.0. The van der Waals surface area contributed by atoms with Crippen molar-refractivity contribution in [2.24, 2.45) is 11.5 Å². The highest BCUT2D eigenvalue weighted by molar-refractivity contribution is 5.63. The lowest BCUT2D eigenvalue weighted by atomic mass is 10.5. The summed E-state index contributed by atoms with van der Waals surface area (Å²) in [5.74, 6) is -4.17. The number of hydrogen-bond donors (Lipinski definition) is 10. The maximum atomic E-state index is 9.00. The van der Waals surface area contributed by atoms with Gasteiger partial charge in [-0.3, -0.25) is 24.0 Å². The van der Waals surface area contributed by atoms with E-state index in [2.05, 4.69) is 16.0 Å². The number of carboxylic acid groups (broad SMARTS) is 5. The Morgan fingerprint density at radius 3 is 0.697 bits per heavy atom. The van der Waals surface area contributed by atoms with Crippen LogP contribution in [0, 0.1) is 0 Å². The number of carbonyl (C=O) groups is 5. The van der Waals surface area contributed by atoms with Gasteiger partial charge in [0.25, 0.3) is 29.8 Å². The molecule has 0 saturated heterocycles. The van der Waals surface area contributed by atoms with E-state index >= 15 is 0 Å². The molecule has 0 saturated carbocycles. The molecule has 200 valence electrons. The first-order chi connectivity index (χ1) is 15.1. The number of nitrogens with two attached hydrogens (primary N) is 2. The van der Waals surface area contributed by atoms with E-state index in [9.17, 15) is 0 Å². The zero-order valence-electron chi connectivity index (χ0n) is 20.1. The van der Waals surface area contributed by atoms with Crippen LogP contribution in [0.1, 0.15) is 34.6 Å². The Balaban J connectivity index is -0.0000000754. The second-order valence-corrected chi connectivity index (χ2v) is 5.42. The molecule has 15 nitrogen and oxygen atoms in total. The van der Waals surface area contributed by atoms with Crippen molar-refractivity contribution in [2.45, 2.75) is 34.6 Å². The van der Waals surface area contributed by atoms with Crippen LogP contribution in [0.3, 0.4) is 0 Å². The maximum Gasteiger partial charge on any atom is 0.300 e. The molecule has 0 aliphatic heterocycles. The Kier molecular flexibility index (Phi) is 57.4. The molecule has 0 fully saturated rings. The molecule has 0 amide bonds. The summed E-state index contributed by atoms with van der Waals surface area (Å²) in [6.07, 6.45) is 0. The van der Waals surface area contributed by atoms with Crippen LogP contribution in [-0.2, 0) is 24.0 Å². The first kappa shape index (κ1) is 43.9. The van der Waals surface area contributed by atoms with Gasteiger partial charge in [0.05, 0.1) is 0 Å². The van der Waals surface area contributed by atoms with E-state index < -0.39 is 29.8 Å². The molecule has 15 heteroatoms. The third-order valence-electron chi connectivity index (χ3n) is 1.60. The standard InChI is InChI=1S/C8H23N5.5C2H4O2/c9-1-3-11-5-7-13-8-6-12-4-2-10;5*1-2(3)4/h11-13H,1-10H2;5*1H3,(H,3,4). The molecule has 0 atom stereocenters. The van der Waals surface area contributed by atoms with Crippen molar-refractivity contribution < 1.29 is 49.5 Å². The van der Waals surface area contributed by atoms with E-state index in [0.29, 0.717) is 13.1 Å². The van der Waals surface area contributed by atoms with Crippen molar-refractivity contribution in [3.8, 4) is 0 Å². The zero-order valence-corrected chi connectivity index (χ0v) is 20.1. The molecule has 33 heavy (non-hydrogen) atoms. The molecule has 0 spiro atoms. The van der Waals surface area contributed by atoms with Crippen LogP contribution in [0.4, 0.5) is 0 Å². The second kappa shape index (κ2) is 43.1. The van der Waals surface area contributed by atoms with Crippen molar-refractivity contribution >= 4 is 29.8 Å². The van der Waals surface area contributed by atoms with Gasteiger partial charge in [-0.05, 0) is 0 Å². The molecule has 0 aliphatic carbocycles. The quantitative estimate of drug-likeness (QED) is 0.150. The Morgan fingerprint density at radius 2 is 0.576 bits per heavy atom. The van der Waals surface area contributed by atoms with Crippen LogP contribution in [0.5, 0.6) is 0 Å². The van der Waals surface area contributed by atoms with E-state index in [0.717, 1.165) is 73.9 Å². The van der Waals surface area contributed by atoms with E-state index in [4.69, 9.17) is 61.0 Å². The highest BCUT2D eigenvalue weighted by Crippen LogP contribution is 1.60. The Bertz CT molecular complexity index is 366. The lowest BCUT2D eigenvalue weighted by Crippen LogP contribution is -2.35. The number of nitrogens with one attached hydrogen (secondary N) is 3. The summed E-state index contributed by atoms with van der Waals surface area (Å²) >= 11 is 0. The van der Waals surface area contributed by atoms with Gasteiger partial charge in [0.2, 0.25) is 0 Å². The summed E-state index contributed by atoms with van der Waals surface area (Å²) in [5.41, 5.74) is 10.6. The van der Waals surface area contributed by atoms with Gasteiger partial charge < -0.3 is 53.0 Å². The van der Waals surface area contributed by atoms with Crippen molar-refractivity contribution in [3.05, 3.63) is 0 Å². The van der Waals surface area contributed by atoms with Crippen molar-refractivity contribution in [2.75, 3.05) is 52.4 Å². The van der Waals surface area contributed by atoms with Gasteiger partial charge in [-0.1, -0.05) is 0 Å². The van der Waals surface area contributed by atoms with Crippen LogP contribution in [0.2, 0.25) is 0 Å². The Hall–Kier alpha value is -2.85. The molecule has 0 bridgehead atoms. The van der Waals surface area contributed by atoms with Crippen LogP contribution >= 0.6 is 0 Å². The van der Waals surface area contributed by atoms with E-state index in [-0.39, 0.29) is 0 Å². The van der Waals surface area contributed by atoms with E-state index in [1.165, 1.54) is 0 Å². The average molecular weight is 490 g/mol. The van der Waals surface area contributed by atoms with Gasteiger partial charge in [0.15, 0.2) is 0 Å². The molecule has 0 aromatic carbocycles. The molecular weight excluding hydrogens is 446 g/mol. The third-order valence-corrected chi connectivity index (χ3v) is 1.60. The highest BCUT2D eigenvalue weighted by Gasteiger charge is 1.87.